The summed E-state index contributed by atoms with van der Waals surface area (Å²) >= 11 is 0. The van der Waals surface area contributed by atoms with Crippen LogP contribution in [-0.4, -0.2) is 22.1 Å². The second-order valence-corrected chi connectivity index (χ2v) is 5.48. The summed E-state index contributed by atoms with van der Waals surface area (Å²) in [6.07, 6.45) is 4.64. The van der Waals surface area contributed by atoms with E-state index in [1.807, 2.05) is 48.0 Å². The zero-order chi connectivity index (χ0) is 16.1. The number of nitrogens with one attached hydrogen (secondary N) is 2. The Hall–Kier alpha value is -2.82. The Morgan fingerprint density at radius 2 is 1.96 bits per heavy atom. The van der Waals surface area contributed by atoms with Gasteiger partial charge in [0.05, 0.1) is 0 Å². The van der Waals surface area contributed by atoms with Gasteiger partial charge in [-0.25, -0.2) is 9.78 Å². The van der Waals surface area contributed by atoms with Crippen LogP contribution >= 0.6 is 0 Å². The maximum absolute atomic E-state index is 11.8. The summed E-state index contributed by atoms with van der Waals surface area (Å²) in [7, 11) is 1.98. The van der Waals surface area contributed by atoms with Crippen molar-refractivity contribution in [3.05, 3.63) is 66.0 Å². The van der Waals surface area contributed by atoms with E-state index in [-0.39, 0.29) is 6.03 Å². The van der Waals surface area contributed by atoms with Gasteiger partial charge in [-0.15, -0.1) is 0 Å². The molecular weight excluding hydrogens is 288 g/mol. The lowest BCUT2D eigenvalue weighted by atomic mass is 10.1. The smallest absolute Gasteiger partial charge is 0.315 e. The van der Waals surface area contributed by atoms with Crippen LogP contribution < -0.4 is 10.6 Å². The van der Waals surface area contributed by atoms with Crippen molar-refractivity contribution in [1.82, 2.24) is 20.2 Å². The summed E-state index contributed by atoms with van der Waals surface area (Å²) in [5.74, 6) is 0. The lowest BCUT2D eigenvalue weighted by molar-refractivity contribution is 0.240. The van der Waals surface area contributed by atoms with Gasteiger partial charge in [-0.05, 0) is 29.7 Å². The summed E-state index contributed by atoms with van der Waals surface area (Å²) < 4.78 is 2.01. The van der Waals surface area contributed by atoms with Crippen LogP contribution in [0.2, 0.25) is 0 Å². The Labute approximate surface area is 135 Å². The SMILES string of the molecule is Cn1cc(CCNC(=O)NCc2ccccc2)c2cccnc21. The van der Waals surface area contributed by atoms with Gasteiger partial charge in [0.1, 0.15) is 5.65 Å². The summed E-state index contributed by atoms with van der Waals surface area (Å²) in [6.45, 7) is 1.12. The van der Waals surface area contributed by atoms with E-state index in [1.165, 1.54) is 5.56 Å². The second-order valence-electron chi connectivity index (χ2n) is 5.48. The Kier molecular flexibility index (Phi) is 4.57. The molecule has 0 aliphatic rings. The summed E-state index contributed by atoms with van der Waals surface area (Å²) in [5.41, 5.74) is 3.25. The van der Waals surface area contributed by atoms with Crippen molar-refractivity contribution in [1.29, 1.82) is 0 Å². The molecule has 3 aromatic rings. The summed E-state index contributed by atoms with van der Waals surface area (Å²) in [5, 5.41) is 6.90. The Morgan fingerprint density at radius 1 is 1.13 bits per heavy atom. The molecule has 0 fully saturated rings. The molecule has 2 heterocycles. The number of hydrogen-bond acceptors (Lipinski definition) is 2. The van der Waals surface area contributed by atoms with Crippen molar-refractivity contribution in [2.45, 2.75) is 13.0 Å². The third-order valence-corrected chi connectivity index (χ3v) is 3.79. The second kappa shape index (κ2) is 6.96. The molecule has 3 rings (SSSR count). The molecule has 0 atom stereocenters. The van der Waals surface area contributed by atoms with Crippen LogP contribution in [-0.2, 0) is 20.0 Å². The number of carbonyl (C=O) groups is 1. The fourth-order valence-corrected chi connectivity index (χ4v) is 2.64. The number of pyridine rings is 1. The zero-order valence-corrected chi connectivity index (χ0v) is 13.1. The minimum Gasteiger partial charge on any atom is -0.338 e. The minimum atomic E-state index is -0.146. The Bertz CT molecular complexity index is 795. The highest BCUT2D eigenvalue weighted by molar-refractivity contribution is 5.80. The van der Waals surface area contributed by atoms with Gasteiger partial charge in [0.25, 0.3) is 0 Å². The van der Waals surface area contributed by atoms with Crippen molar-refractivity contribution in [3.8, 4) is 0 Å². The van der Waals surface area contributed by atoms with Gasteiger partial charge in [-0.1, -0.05) is 30.3 Å². The van der Waals surface area contributed by atoms with Crippen molar-refractivity contribution in [3.63, 3.8) is 0 Å². The van der Waals surface area contributed by atoms with Gasteiger partial charge >= 0.3 is 6.03 Å². The van der Waals surface area contributed by atoms with E-state index in [2.05, 4.69) is 27.9 Å². The number of nitrogens with zero attached hydrogens (tertiary/aromatic N) is 2. The maximum atomic E-state index is 11.8. The third-order valence-electron chi connectivity index (χ3n) is 3.79. The number of fused-ring (bicyclic) bond motifs is 1. The highest BCUT2D eigenvalue weighted by Gasteiger charge is 2.07. The van der Waals surface area contributed by atoms with Crippen LogP contribution in [0.1, 0.15) is 11.1 Å². The van der Waals surface area contributed by atoms with E-state index in [1.54, 1.807) is 6.20 Å². The highest BCUT2D eigenvalue weighted by Crippen LogP contribution is 2.18. The predicted molar refractivity (Wildman–Crippen MR) is 91.1 cm³/mol. The van der Waals surface area contributed by atoms with Gasteiger partial charge in [-0.2, -0.15) is 0 Å². The minimum absolute atomic E-state index is 0.146. The number of benzene rings is 1. The van der Waals surface area contributed by atoms with Crippen LogP contribution in [0.4, 0.5) is 4.79 Å². The van der Waals surface area contributed by atoms with Gasteiger partial charge in [0, 0.05) is 37.9 Å². The molecular formula is C18H20N4O. The molecule has 0 spiro atoms. The van der Waals surface area contributed by atoms with Gasteiger partial charge in [0.15, 0.2) is 0 Å². The molecule has 0 unspecified atom stereocenters. The first-order valence-electron chi connectivity index (χ1n) is 7.68. The molecule has 23 heavy (non-hydrogen) atoms. The number of aryl methyl sites for hydroxylation is 1. The van der Waals surface area contributed by atoms with Crippen LogP contribution in [0, 0.1) is 0 Å². The summed E-state index contributed by atoms with van der Waals surface area (Å²) in [4.78, 5) is 16.2. The lowest BCUT2D eigenvalue weighted by Gasteiger charge is -2.07. The van der Waals surface area contributed by atoms with E-state index in [9.17, 15) is 4.79 Å². The number of hydrogen-bond donors (Lipinski definition) is 2. The van der Waals surface area contributed by atoms with E-state index in [0.717, 1.165) is 23.0 Å². The van der Waals surface area contributed by atoms with E-state index in [0.29, 0.717) is 13.1 Å². The molecule has 5 nitrogen and oxygen atoms in total. The number of rotatable bonds is 5. The van der Waals surface area contributed by atoms with Gasteiger partial charge < -0.3 is 15.2 Å². The molecule has 0 aliphatic carbocycles. The van der Waals surface area contributed by atoms with E-state index < -0.39 is 0 Å². The lowest BCUT2D eigenvalue weighted by Crippen LogP contribution is -2.36. The quantitative estimate of drug-likeness (QED) is 0.761. The molecule has 0 aliphatic heterocycles. The molecule has 2 N–H and O–H groups in total. The van der Waals surface area contributed by atoms with Gasteiger partial charge in [0.2, 0.25) is 0 Å². The molecule has 5 heteroatoms. The number of aromatic nitrogens is 2. The molecule has 2 aromatic heterocycles. The molecule has 1 aromatic carbocycles. The molecule has 118 valence electrons. The molecule has 0 saturated carbocycles. The van der Waals surface area contributed by atoms with Crippen LogP contribution in [0.25, 0.3) is 11.0 Å². The largest absolute Gasteiger partial charge is 0.338 e. The molecule has 0 bridgehead atoms. The Morgan fingerprint density at radius 3 is 2.78 bits per heavy atom. The number of carbonyl (C=O) groups excluding carboxylic acids is 1. The molecule has 0 saturated heterocycles. The van der Waals surface area contributed by atoms with Crippen molar-refractivity contribution >= 4 is 17.1 Å². The first-order valence-corrected chi connectivity index (χ1v) is 7.68. The first-order chi connectivity index (χ1) is 11.2. The average Bonchev–Trinajstić information content (AvgIpc) is 2.91. The van der Waals surface area contributed by atoms with E-state index in [4.69, 9.17) is 0 Å². The maximum Gasteiger partial charge on any atom is 0.315 e. The average molecular weight is 308 g/mol. The number of urea groups is 1. The van der Waals surface area contributed by atoms with E-state index >= 15 is 0 Å². The topological polar surface area (TPSA) is 59.0 Å². The monoisotopic (exact) mass is 308 g/mol. The normalized spacial score (nSPS) is 10.7. The molecule has 2 amide bonds. The van der Waals surface area contributed by atoms with Crippen molar-refractivity contribution < 1.29 is 4.79 Å². The van der Waals surface area contributed by atoms with Crippen molar-refractivity contribution in [2.75, 3.05) is 6.54 Å². The third kappa shape index (κ3) is 3.69. The van der Waals surface area contributed by atoms with Gasteiger partial charge in [-0.3, -0.25) is 0 Å². The standard InChI is InChI=1S/C18H20N4O/c1-22-13-15(16-8-5-10-19-17(16)22)9-11-20-18(23)21-12-14-6-3-2-4-7-14/h2-8,10,13H,9,11-12H2,1H3,(H2,20,21,23). The highest BCUT2D eigenvalue weighted by atomic mass is 16.2. The molecule has 0 radical (unpaired) electrons. The number of amides is 2. The predicted octanol–water partition coefficient (Wildman–Crippen LogP) is 2.62. The summed E-state index contributed by atoms with van der Waals surface area (Å²) in [6, 6.07) is 13.7. The van der Waals surface area contributed by atoms with Crippen molar-refractivity contribution in [2.24, 2.45) is 7.05 Å². The van der Waals surface area contributed by atoms with Crippen LogP contribution in [0.15, 0.2) is 54.9 Å². The fraction of sp³-hybridized carbons (Fsp3) is 0.222. The Balaban J connectivity index is 1.50. The zero-order valence-electron chi connectivity index (χ0n) is 13.1. The fourth-order valence-electron chi connectivity index (χ4n) is 2.64. The van der Waals surface area contributed by atoms with Crippen LogP contribution in [0.3, 0.4) is 0 Å². The first kappa shape index (κ1) is 15.1. The van der Waals surface area contributed by atoms with Crippen LogP contribution in [0.5, 0.6) is 0 Å².